The number of ether oxygens (including phenoxy) is 2. The van der Waals surface area contributed by atoms with Gasteiger partial charge in [0.1, 0.15) is 31.0 Å². The minimum Gasteiger partial charge on any atom is -0.431 e. The predicted octanol–water partition coefficient (Wildman–Crippen LogP) is 7.78. The van der Waals surface area contributed by atoms with Crippen molar-refractivity contribution in [1.82, 2.24) is 0 Å². The van der Waals surface area contributed by atoms with Crippen molar-refractivity contribution in [3.05, 3.63) is 130 Å². The fourth-order valence-corrected chi connectivity index (χ4v) is 7.06. The summed E-state index contributed by atoms with van der Waals surface area (Å²) in [5, 5.41) is 48.0. The first-order valence-corrected chi connectivity index (χ1v) is 19.8. The second-order valence-corrected chi connectivity index (χ2v) is 16.8. The molecule has 10 nitrogen and oxygen atoms in total. The zero-order valence-electron chi connectivity index (χ0n) is 36.2. The van der Waals surface area contributed by atoms with Crippen LogP contribution in [0.1, 0.15) is 89.0 Å². The lowest BCUT2D eigenvalue weighted by Gasteiger charge is -2.36. The highest BCUT2D eigenvalue weighted by molar-refractivity contribution is 6.01. The second-order valence-electron chi connectivity index (χ2n) is 16.8. The van der Waals surface area contributed by atoms with E-state index in [1.54, 1.807) is 6.92 Å². The number of aliphatic hydroxyl groups is 5. The molecule has 0 amide bonds. The molecule has 0 fully saturated rings. The Balaban J connectivity index is 1.95. The number of ketones is 2. The van der Waals surface area contributed by atoms with Crippen molar-refractivity contribution in [2.24, 2.45) is 16.7 Å². The van der Waals surface area contributed by atoms with Crippen LogP contribution in [0.4, 0.5) is 4.79 Å². The van der Waals surface area contributed by atoms with Crippen molar-refractivity contribution in [3.8, 4) is 0 Å². The molecule has 318 valence electrons. The van der Waals surface area contributed by atoms with E-state index in [4.69, 9.17) is 14.6 Å². The highest BCUT2D eigenvalue weighted by Gasteiger charge is 2.41. The quantitative estimate of drug-likeness (QED) is 0.0723. The lowest BCUT2D eigenvalue weighted by Crippen LogP contribution is -2.47. The molecule has 2 aliphatic rings. The van der Waals surface area contributed by atoms with Gasteiger partial charge in [-0.25, -0.2) is 4.79 Å². The monoisotopic (exact) mass is 802 g/mol. The van der Waals surface area contributed by atoms with Crippen molar-refractivity contribution in [2.45, 2.75) is 120 Å². The van der Waals surface area contributed by atoms with E-state index in [1.807, 2.05) is 109 Å². The molecule has 0 spiro atoms. The number of rotatable bonds is 17. The summed E-state index contributed by atoms with van der Waals surface area (Å²) in [5.74, 6) is -0.0704. The fourth-order valence-electron chi connectivity index (χ4n) is 7.06. The maximum absolute atomic E-state index is 13.2. The number of hydrogen-bond acceptors (Lipinski definition) is 10. The van der Waals surface area contributed by atoms with Gasteiger partial charge in [-0.05, 0) is 81.1 Å². The highest BCUT2D eigenvalue weighted by Crippen LogP contribution is 2.42. The molecule has 2 aliphatic carbocycles. The number of Topliss-reactive ketones (excluding diaryl/α,β-unsaturated/α-hetero) is 2. The topological polar surface area (TPSA) is 171 Å². The van der Waals surface area contributed by atoms with Gasteiger partial charge in [0.25, 0.3) is 0 Å². The fraction of sp³-hybridized carbons (Fsp3) is 0.479. The molecule has 6 atom stereocenters. The zero-order chi connectivity index (χ0) is 44.0. The molecule has 0 aromatic rings. The van der Waals surface area contributed by atoms with Gasteiger partial charge in [-0.3, -0.25) is 9.59 Å². The molecule has 0 saturated carbocycles. The normalized spacial score (nSPS) is 23.6. The van der Waals surface area contributed by atoms with Crippen LogP contribution < -0.4 is 0 Å². The Morgan fingerprint density at radius 1 is 0.672 bits per heavy atom. The molecule has 6 unspecified atom stereocenters. The van der Waals surface area contributed by atoms with Gasteiger partial charge in [-0.2, -0.15) is 0 Å². The van der Waals surface area contributed by atoms with Crippen LogP contribution in [0.25, 0.3) is 0 Å². The number of hydrogen-bond donors (Lipinski definition) is 5. The Morgan fingerprint density at radius 2 is 1.09 bits per heavy atom. The Morgan fingerprint density at radius 3 is 1.57 bits per heavy atom. The predicted molar refractivity (Wildman–Crippen MR) is 229 cm³/mol. The van der Waals surface area contributed by atoms with Crippen molar-refractivity contribution < 1.29 is 49.4 Å². The van der Waals surface area contributed by atoms with Crippen LogP contribution in [0.2, 0.25) is 0 Å². The van der Waals surface area contributed by atoms with Gasteiger partial charge in [-0.15, -0.1) is 0 Å². The lowest BCUT2D eigenvalue weighted by atomic mass is 9.68. The third-order valence-corrected chi connectivity index (χ3v) is 10.5. The summed E-state index contributed by atoms with van der Waals surface area (Å²) >= 11 is 0. The summed E-state index contributed by atoms with van der Waals surface area (Å²) in [5.41, 5.74) is 6.90. The first-order chi connectivity index (χ1) is 27.0. The zero-order valence-corrected chi connectivity index (χ0v) is 36.2. The maximum atomic E-state index is 13.2. The van der Waals surface area contributed by atoms with Gasteiger partial charge in [-0.1, -0.05) is 142 Å². The van der Waals surface area contributed by atoms with Gasteiger partial charge < -0.3 is 35.0 Å². The van der Waals surface area contributed by atoms with E-state index in [-0.39, 0.29) is 29.3 Å². The highest BCUT2D eigenvalue weighted by atomic mass is 16.7. The first-order valence-electron chi connectivity index (χ1n) is 19.8. The number of carbonyl (C=O) groups excluding carboxylic acids is 3. The van der Waals surface area contributed by atoms with Crippen LogP contribution in [0.15, 0.2) is 130 Å². The molecule has 0 aromatic carbocycles. The van der Waals surface area contributed by atoms with E-state index in [2.05, 4.69) is 45.1 Å². The van der Waals surface area contributed by atoms with E-state index >= 15 is 0 Å². The lowest BCUT2D eigenvalue weighted by molar-refractivity contribution is -0.133. The van der Waals surface area contributed by atoms with E-state index in [1.165, 1.54) is 0 Å². The second kappa shape index (κ2) is 22.6. The van der Waals surface area contributed by atoms with Crippen molar-refractivity contribution >= 4 is 17.7 Å². The summed E-state index contributed by atoms with van der Waals surface area (Å²) in [6.45, 7) is 20.4. The van der Waals surface area contributed by atoms with Crippen LogP contribution >= 0.6 is 0 Å². The van der Waals surface area contributed by atoms with Gasteiger partial charge in [0.15, 0.2) is 17.7 Å². The van der Waals surface area contributed by atoms with Gasteiger partial charge >= 0.3 is 6.16 Å². The van der Waals surface area contributed by atoms with Gasteiger partial charge in [0, 0.05) is 12.3 Å². The average molecular weight is 803 g/mol. The van der Waals surface area contributed by atoms with E-state index in [0.717, 1.165) is 45.4 Å². The summed E-state index contributed by atoms with van der Waals surface area (Å²) in [7, 11) is 0. The standard InChI is InChI=1S/C48H66O10/c1-30(18-14-20-32(3)22-24-37-35(6)42(52)34(5)26-47(37,8)9)16-12-13-17-31(2)19-15-21-33(4)23-25-38-36(7)43(53)41(27-48(38,10)11)58-46(56)57-29-40(51)45(55)44(54)39(50)28-49/h12-25,34,39-41,44-45,49-51,54-55H,26-29H2,1-11H3/b13-12+,18-14+,19-15+,24-22+,25-23+,30-16+,31-17+,32-20+,33-21+. The van der Waals surface area contributed by atoms with E-state index in [9.17, 15) is 34.8 Å². The number of aliphatic hydroxyl groups excluding tert-OH is 5. The molecule has 2 rings (SSSR count). The molecular formula is C48H66O10. The third-order valence-electron chi connectivity index (χ3n) is 10.5. The minimum atomic E-state index is -1.90. The molecule has 0 aromatic heterocycles. The summed E-state index contributed by atoms with van der Waals surface area (Å²) in [6.07, 6.45) is 19.5. The Kier molecular flexibility index (Phi) is 19.4. The first kappa shape index (κ1) is 49.7. The van der Waals surface area contributed by atoms with Crippen LogP contribution in [0.5, 0.6) is 0 Å². The molecule has 0 bridgehead atoms. The summed E-state index contributed by atoms with van der Waals surface area (Å²) in [4.78, 5) is 38.0. The summed E-state index contributed by atoms with van der Waals surface area (Å²) < 4.78 is 10.1. The molecule has 10 heteroatoms. The van der Waals surface area contributed by atoms with Crippen molar-refractivity contribution in [3.63, 3.8) is 0 Å². The van der Waals surface area contributed by atoms with Gasteiger partial charge in [0.05, 0.1) is 6.61 Å². The minimum absolute atomic E-state index is 0.0271. The molecular weight excluding hydrogens is 737 g/mol. The van der Waals surface area contributed by atoms with Crippen LogP contribution in [0.3, 0.4) is 0 Å². The largest absolute Gasteiger partial charge is 0.509 e. The molecule has 58 heavy (non-hydrogen) atoms. The number of allylic oxidation sites excluding steroid dienone is 21. The van der Waals surface area contributed by atoms with Crippen LogP contribution in [-0.2, 0) is 19.1 Å². The van der Waals surface area contributed by atoms with E-state index < -0.39 is 55.3 Å². The van der Waals surface area contributed by atoms with E-state index in [0.29, 0.717) is 5.57 Å². The Bertz CT molecular complexity index is 1840. The SMILES string of the molecule is CC1=C(/C=C/C(C)=C/C=C/C(C)=C/C=C/C=C(C)/C=C/C=C(C)/C=C/C2=C(C)C(=O)C(OC(=O)OCC(O)C(O)C(O)C(O)CO)CC2(C)C)C(C)(C)CC(C)C1=O. The number of carbonyl (C=O) groups is 3. The molecule has 0 aliphatic heterocycles. The average Bonchev–Trinajstić information content (AvgIpc) is 3.15. The summed E-state index contributed by atoms with van der Waals surface area (Å²) in [6, 6.07) is 0. The Hall–Kier alpha value is -4.45. The molecule has 5 N–H and O–H groups in total. The molecule has 0 radical (unpaired) electrons. The third kappa shape index (κ3) is 15.1. The van der Waals surface area contributed by atoms with Crippen LogP contribution in [0, 0.1) is 16.7 Å². The smallest absolute Gasteiger partial charge is 0.431 e. The van der Waals surface area contributed by atoms with Crippen molar-refractivity contribution in [2.75, 3.05) is 13.2 Å². The van der Waals surface area contributed by atoms with Gasteiger partial charge in [0.2, 0.25) is 0 Å². The van der Waals surface area contributed by atoms with Crippen LogP contribution in [-0.4, -0.2) is 87.0 Å². The Labute approximate surface area is 345 Å². The maximum Gasteiger partial charge on any atom is 0.509 e. The van der Waals surface area contributed by atoms with Crippen molar-refractivity contribution in [1.29, 1.82) is 0 Å². The molecule has 0 saturated heterocycles. The molecule has 0 heterocycles.